The second kappa shape index (κ2) is 5.63. The van der Waals surface area contributed by atoms with Gasteiger partial charge in [-0.25, -0.2) is 8.42 Å². The summed E-state index contributed by atoms with van der Waals surface area (Å²) >= 11 is 3.27. The molecule has 0 radical (unpaired) electrons. The Hall–Kier alpha value is -0.630. The van der Waals surface area contributed by atoms with Crippen molar-refractivity contribution < 1.29 is 13.2 Å². The van der Waals surface area contributed by atoms with Gasteiger partial charge >= 0.3 is 0 Å². The zero-order valence-electron chi connectivity index (χ0n) is 11.6. The van der Waals surface area contributed by atoms with Crippen LogP contribution in [0.5, 0.6) is 0 Å². The Balaban J connectivity index is 2.32. The highest BCUT2D eigenvalue weighted by Crippen LogP contribution is 2.30. The van der Waals surface area contributed by atoms with Crippen LogP contribution in [0.1, 0.15) is 19.8 Å². The summed E-state index contributed by atoms with van der Waals surface area (Å²) in [5.74, 6) is 0. The van der Waals surface area contributed by atoms with E-state index in [0.29, 0.717) is 23.2 Å². The molecule has 0 spiro atoms. The molecule has 1 atom stereocenters. The molecule has 0 amide bonds. The number of halogens is 1. The van der Waals surface area contributed by atoms with Gasteiger partial charge in [-0.15, -0.1) is 0 Å². The summed E-state index contributed by atoms with van der Waals surface area (Å²) in [6.07, 6.45) is 1.65. The van der Waals surface area contributed by atoms with Gasteiger partial charge in [0.05, 0.1) is 10.5 Å². The number of nitrogen functional groups attached to an aromatic ring is 1. The van der Waals surface area contributed by atoms with Crippen LogP contribution >= 0.6 is 15.9 Å². The van der Waals surface area contributed by atoms with E-state index >= 15 is 0 Å². The molecule has 0 bridgehead atoms. The molecule has 1 aliphatic heterocycles. The second-order valence-corrected chi connectivity index (χ2v) is 8.07. The first-order valence-corrected chi connectivity index (χ1v) is 8.62. The number of methoxy groups -OCH3 is 1. The number of nitrogens with two attached hydrogens (primary N) is 1. The van der Waals surface area contributed by atoms with Crippen molar-refractivity contribution in [1.82, 2.24) is 4.31 Å². The van der Waals surface area contributed by atoms with E-state index in [1.165, 1.54) is 10.4 Å². The molecule has 5 nitrogen and oxygen atoms in total. The zero-order valence-corrected chi connectivity index (χ0v) is 14.0. The van der Waals surface area contributed by atoms with Crippen molar-refractivity contribution in [1.29, 1.82) is 0 Å². The molecule has 2 N–H and O–H groups in total. The molecular formula is C13H19BrN2O3S. The highest BCUT2D eigenvalue weighted by atomic mass is 79.9. The summed E-state index contributed by atoms with van der Waals surface area (Å²) in [6, 6.07) is 4.70. The molecule has 1 fully saturated rings. The zero-order chi connectivity index (χ0) is 15.0. The molecule has 20 heavy (non-hydrogen) atoms. The van der Waals surface area contributed by atoms with Crippen molar-refractivity contribution >= 4 is 31.6 Å². The summed E-state index contributed by atoms with van der Waals surface area (Å²) in [5, 5.41) is 0. The third-order valence-corrected chi connectivity index (χ3v) is 6.29. The minimum atomic E-state index is -3.53. The van der Waals surface area contributed by atoms with E-state index in [1.807, 2.05) is 6.92 Å². The summed E-state index contributed by atoms with van der Waals surface area (Å²) in [6.45, 7) is 2.81. The number of sulfonamides is 1. The van der Waals surface area contributed by atoms with Crippen molar-refractivity contribution in [3.63, 3.8) is 0 Å². The standard InChI is InChI=1S/C13H19BrN2O3S/c1-13(19-2)6-3-7-16(9-13)20(17,18)10-4-5-11(14)12(15)8-10/h4-5,8H,3,6-7,9,15H2,1-2H3. The van der Waals surface area contributed by atoms with Crippen LogP contribution in [-0.2, 0) is 14.8 Å². The molecule has 112 valence electrons. The van der Waals surface area contributed by atoms with E-state index < -0.39 is 15.6 Å². The quantitative estimate of drug-likeness (QED) is 0.836. The lowest BCUT2D eigenvalue weighted by Gasteiger charge is -2.38. The number of piperidine rings is 1. The van der Waals surface area contributed by atoms with Gasteiger partial charge in [-0.3, -0.25) is 0 Å². The largest absolute Gasteiger partial charge is 0.398 e. The van der Waals surface area contributed by atoms with E-state index in [-0.39, 0.29) is 4.90 Å². The van der Waals surface area contributed by atoms with Crippen LogP contribution in [0.3, 0.4) is 0 Å². The highest BCUT2D eigenvalue weighted by molar-refractivity contribution is 9.10. The van der Waals surface area contributed by atoms with Gasteiger partial charge in [0, 0.05) is 30.4 Å². The SMILES string of the molecule is COC1(C)CCCN(S(=O)(=O)c2ccc(Br)c(N)c2)C1. The van der Waals surface area contributed by atoms with Gasteiger partial charge in [-0.05, 0) is 53.9 Å². The third-order valence-electron chi connectivity index (χ3n) is 3.72. The van der Waals surface area contributed by atoms with Gasteiger partial charge in [-0.2, -0.15) is 4.31 Å². The van der Waals surface area contributed by atoms with Crippen LogP contribution in [0.4, 0.5) is 5.69 Å². The Morgan fingerprint density at radius 3 is 2.75 bits per heavy atom. The number of hydrogen-bond donors (Lipinski definition) is 1. The maximum atomic E-state index is 12.7. The maximum absolute atomic E-state index is 12.7. The smallest absolute Gasteiger partial charge is 0.243 e. The van der Waals surface area contributed by atoms with Crippen molar-refractivity contribution in [2.24, 2.45) is 0 Å². The second-order valence-electron chi connectivity index (χ2n) is 5.28. The monoisotopic (exact) mass is 362 g/mol. The Morgan fingerprint density at radius 2 is 2.15 bits per heavy atom. The molecule has 2 rings (SSSR count). The summed E-state index contributed by atoms with van der Waals surface area (Å²) in [4.78, 5) is 0.221. The van der Waals surface area contributed by atoms with E-state index in [1.54, 1.807) is 19.2 Å². The molecule has 1 aromatic rings. The topological polar surface area (TPSA) is 72.6 Å². The van der Waals surface area contributed by atoms with Gasteiger partial charge in [0.2, 0.25) is 10.0 Å². The fourth-order valence-corrected chi connectivity index (χ4v) is 4.24. The summed E-state index contributed by atoms with van der Waals surface area (Å²) < 4.78 is 32.9. The van der Waals surface area contributed by atoms with E-state index in [9.17, 15) is 8.42 Å². The number of rotatable bonds is 3. The molecule has 0 saturated carbocycles. The van der Waals surface area contributed by atoms with Crippen LogP contribution in [0.2, 0.25) is 0 Å². The molecule has 0 aromatic heterocycles. The van der Waals surface area contributed by atoms with Gasteiger partial charge < -0.3 is 10.5 Å². The Bertz CT molecular complexity index is 606. The van der Waals surface area contributed by atoms with Gasteiger partial charge in [0.25, 0.3) is 0 Å². The van der Waals surface area contributed by atoms with Crippen molar-refractivity contribution in [2.45, 2.75) is 30.3 Å². The molecule has 1 saturated heterocycles. The minimum Gasteiger partial charge on any atom is -0.398 e. The fourth-order valence-electron chi connectivity index (χ4n) is 2.36. The molecular weight excluding hydrogens is 344 g/mol. The van der Waals surface area contributed by atoms with Crippen LogP contribution in [0, 0.1) is 0 Å². The Morgan fingerprint density at radius 1 is 1.45 bits per heavy atom. The molecule has 1 unspecified atom stereocenters. The number of benzene rings is 1. The highest BCUT2D eigenvalue weighted by Gasteiger charge is 2.37. The maximum Gasteiger partial charge on any atom is 0.243 e. The first-order valence-electron chi connectivity index (χ1n) is 6.39. The number of hydrogen-bond acceptors (Lipinski definition) is 4. The summed E-state index contributed by atoms with van der Waals surface area (Å²) in [5.41, 5.74) is 5.76. The molecule has 1 heterocycles. The first kappa shape index (κ1) is 15.8. The average Bonchev–Trinajstić information content (AvgIpc) is 2.42. The normalized spacial score (nSPS) is 24.8. The van der Waals surface area contributed by atoms with E-state index in [4.69, 9.17) is 10.5 Å². The van der Waals surface area contributed by atoms with E-state index in [2.05, 4.69) is 15.9 Å². The molecule has 7 heteroatoms. The van der Waals surface area contributed by atoms with Crippen molar-refractivity contribution in [3.8, 4) is 0 Å². The molecule has 1 aromatic carbocycles. The van der Waals surface area contributed by atoms with Gasteiger partial charge in [0.15, 0.2) is 0 Å². The van der Waals surface area contributed by atoms with E-state index in [0.717, 1.165) is 12.8 Å². The molecule has 0 aliphatic carbocycles. The fraction of sp³-hybridized carbons (Fsp3) is 0.538. The van der Waals surface area contributed by atoms with Crippen molar-refractivity contribution in [2.75, 3.05) is 25.9 Å². The van der Waals surface area contributed by atoms with Crippen molar-refractivity contribution in [3.05, 3.63) is 22.7 Å². The summed E-state index contributed by atoms with van der Waals surface area (Å²) in [7, 11) is -1.91. The average molecular weight is 363 g/mol. The van der Waals surface area contributed by atoms with Gasteiger partial charge in [0.1, 0.15) is 0 Å². The lowest BCUT2D eigenvalue weighted by Crippen LogP contribution is -2.49. The number of anilines is 1. The number of ether oxygens (including phenoxy) is 1. The molecule has 1 aliphatic rings. The first-order chi connectivity index (χ1) is 9.28. The van der Waals surface area contributed by atoms with Crippen LogP contribution in [0.15, 0.2) is 27.6 Å². The Kier molecular flexibility index (Phi) is 4.44. The predicted molar refractivity (Wildman–Crippen MR) is 82.0 cm³/mol. The lowest BCUT2D eigenvalue weighted by atomic mass is 9.96. The third kappa shape index (κ3) is 3.00. The lowest BCUT2D eigenvalue weighted by molar-refractivity contribution is -0.0319. The minimum absolute atomic E-state index is 0.221. The van der Waals surface area contributed by atoms with Crippen LogP contribution in [0.25, 0.3) is 0 Å². The van der Waals surface area contributed by atoms with Crippen LogP contribution < -0.4 is 5.73 Å². The Labute approximate surface area is 128 Å². The van der Waals surface area contributed by atoms with Gasteiger partial charge in [-0.1, -0.05) is 0 Å². The van der Waals surface area contributed by atoms with Crippen LogP contribution in [-0.4, -0.2) is 38.5 Å². The number of nitrogens with zero attached hydrogens (tertiary/aromatic N) is 1. The predicted octanol–water partition coefficient (Wildman–Crippen LogP) is 2.22.